The number of rotatable bonds is 5. The van der Waals surface area contributed by atoms with E-state index >= 15 is 0 Å². The van der Waals surface area contributed by atoms with Gasteiger partial charge in [0.25, 0.3) is 0 Å². The largest absolute Gasteiger partial charge is 0.468 e. The fourth-order valence-electron chi connectivity index (χ4n) is 0.987. The van der Waals surface area contributed by atoms with E-state index < -0.39 is 0 Å². The molecule has 0 N–H and O–H groups in total. The average Bonchev–Trinajstić information content (AvgIpc) is 1.87. The minimum atomic E-state index is 0.111. The molecule has 11 heavy (non-hydrogen) atoms. The fraction of sp³-hybridized carbons (Fsp3) is 0.778. The molecule has 0 saturated carbocycles. The lowest BCUT2D eigenvalue weighted by Crippen LogP contribution is -1.94. The second-order valence-corrected chi connectivity index (χ2v) is 6.78. The molecule has 2 heteroatoms. The van der Waals surface area contributed by atoms with E-state index in [1.165, 1.54) is 23.0 Å². The molecule has 1 atom stereocenters. The van der Waals surface area contributed by atoms with E-state index in [2.05, 4.69) is 39.7 Å². The van der Waals surface area contributed by atoms with Gasteiger partial charge in [-0.15, -0.1) is 4.55 Å². The Bertz CT molecular complexity index is 117. The molecule has 0 aliphatic rings. The smallest absolute Gasteiger partial charge is 0.307 e. The third-order valence-electron chi connectivity index (χ3n) is 1.81. The Morgan fingerprint density at radius 2 is 2.18 bits per heavy atom. The zero-order valence-corrected chi connectivity index (χ0v) is 10.9. The summed E-state index contributed by atoms with van der Waals surface area (Å²) >= 11 is 3.71. The molecule has 0 aromatic carbocycles. The van der Waals surface area contributed by atoms with Gasteiger partial charge in [0, 0.05) is 0 Å². The van der Waals surface area contributed by atoms with Crippen molar-refractivity contribution < 1.29 is 0 Å². The molecule has 1 unspecified atom stereocenters. The van der Waals surface area contributed by atoms with E-state index in [-0.39, 0.29) is 18.2 Å². The van der Waals surface area contributed by atoms with Gasteiger partial charge in [0.05, 0.1) is 0 Å². The highest BCUT2D eigenvalue weighted by molar-refractivity contribution is 9.23. The highest BCUT2D eigenvalue weighted by Crippen LogP contribution is 2.12. The molecule has 0 aromatic heterocycles. The average molecular weight is 229 g/mol. The molecule has 0 amide bonds. The van der Waals surface area contributed by atoms with Crippen LogP contribution in [0.2, 0.25) is 4.55 Å². The van der Waals surface area contributed by atoms with E-state index in [0.29, 0.717) is 0 Å². The van der Waals surface area contributed by atoms with Gasteiger partial charge < -0.3 is 12.9 Å². The van der Waals surface area contributed by atoms with Crippen LogP contribution >= 0.6 is 12.9 Å². The zero-order chi connectivity index (χ0) is 8.69. The van der Waals surface area contributed by atoms with Gasteiger partial charge in [-0.05, 0) is 26.7 Å². The Morgan fingerprint density at radius 1 is 1.55 bits per heavy atom. The molecule has 0 bridgehead atoms. The second-order valence-electron chi connectivity index (χ2n) is 3.44. The summed E-state index contributed by atoms with van der Waals surface area (Å²) in [7, 11) is 0. The Balaban J connectivity index is 3.31. The molecule has 0 aliphatic carbocycles. The normalized spacial score (nSPS) is 12.0. The molecule has 0 rings (SSSR count). The molecule has 0 spiro atoms. The predicted molar refractivity (Wildman–Crippen MR) is 57.3 cm³/mol. The topological polar surface area (TPSA) is 0 Å². The molecule has 0 aromatic rings. The Kier molecular flexibility index (Phi) is 8.31. The van der Waals surface area contributed by atoms with Gasteiger partial charge in [-0.25, -0.2) is 0 Å². The minimum Gasteiger partial charge on any atom is -0.307 e. The van der Waals surface area contributed by atoms with Gasteiger partial charge in [0.15, 0.2) is 0 Å². The first-order valence-corrected chi connectivity index (χ1v) is 9.26. The Morgan fingerprint density at radius 3 is 2.64 bits per heavy atom. The van der Waals surface area contributed by atoms with Crippen LogP contribution in [-0.4, -0.2) is 18.2 Å². The van der Waals surface area contributed by atoms with Gasteiger partial charge in [-0.3, -0.25) is 0 Å². The quantitative estimate of drug-likeness (QED) is 0.497. The van der Waals surface area contributed by atoms with E-state index in [1.54, 1.807) is 0 Å². The van der Waals surface area contributed by atoms with Crippen LogP contribution in [-0.2, 0) is 0 Å². The molecule has 0 heterocycles. The SMILES string of the molecule is CC(C)=CCCC(C)[CH2][Mg][Br]. The highest BCUT2D eigenvalue weighted by atomic mass is 79.9. The lowest BCUT2D eigenvalue weighted by Gasteiger charge is -2.06. The standard InChI is InChI=1S/C9H17.BrH.Mg/c1-8(2)6-5-7-9(3)4;;/h7-8H,1,5-6H2,2-4H3;1H;/q;;+1/p-1. The van der Waals surface area contributed by atoms with Crippen molar-refractivity contribution in [1.29, 1.82) is 0 Å². The molecule has 0 nitrogen and oxygen atoms in total. The molecule has 0 fully saturated rings. The first-order chi connectivity index (χ1) is 5.16. The zero-order valence-electron chi connectivity index (χ0n) is 7.86. The van der Waals surface area contributed by atoms with Crippen LogP contribution in [0.5, 0.6) is 0 Å². The maximum atomic E-state index is 3.59. The van der Waals surface area contributed by atoms with Crippen molar-refractivity contribution in [3.63, 3.8) is 0 Å². The third-order valence-corrected chi connectivity index (χ3v) is 4.39. The molecule has 0 saturated heterocycles. The van der Waals surface area contributed by atoms with Gasteiger partial charge in [-0.2, -0.15) is 0 Å². The van der Waals surface area contributed by atoms with Crippen molar-refractivity contribution in [2.75, 3.05) is 0 Å². The lowest BCUT2D eigenvalue weighted by molar-refractivity contribution is 0.592. The summed E-state index contributed by atoms with van der Waals surface area (Å²) in [6, 6.07) is 0. The van der Waals surface area contributed by atoms with Crippen LogP contribution < -0.4 is 0 Å². The van der Waals surface area contributed by atoms with Crippen molar-refractivity contribution in [3.05, 3.63) is 11.6 Å². The van der Waals surface area contributed by atoms with Crippen LogP contribution in [0.4, 0.5) is 0 Å². The molecular formula is C9H17BrMg. The molecule has 0 radical (unpaired) electrons. The van der Waals surface area contributed by atoms with Gasteiger partial charge in [0.1, 0.15) is 0 Å². The maximum absolute atomic E-state index is 3.59. The van der Waals surface area contributed by atoms with Crippen LogP contribution in [0.3, 0.4) is 0 Å². The molecular weight excluding hydrogens is 212 g/mol. The first-order valence-electron chi connectivity index (χ1n) is 4.36. The van der Waals surface area contributed by atoms with Crippen molar-refractivity contribution in [3.8, 4) is 0 Å². The van der Waals surface area contributed by atoms with E-state index in [9.17, 15) is 0 Å². The maximum Gasteiger partial charge on any atom is 0.468 e. The monoisotopic (exact) mass is 228 g/mol. The fourth-order valence-corrected chi connectivity index (χ4v) is 3.99. The summed E-state index contributed by atoms with van der Waals surface area (Å²) in [5.74, 6) is 0.927. The highest BCUT2D eigenvalue weighted by Gasteiger charge is 2.00. The van der Waals surface area contributed by atoms with Crippen LogP contribution in [0, 0.1) is 5.92 Å². The van der Waals surface area contributed by atoms with E-state index in [4.69, 9.17) is 0 Å². The van der Waals surface area contributed by atoms with Crippen LogP contribution in [0.1, 0.15) is 33.6 Å². The summed E-state index contributed by atoms with van der Waals surface area (Å²) in [6.45, 7) is 6.70. The predicted octanol–water partition coefficient (Wildman–Crippen LogP) is 3.80. The number of allylic oxidation sites excluding steroid dienone is 2. The third kappa shape index (κ3) is 8.90. The minimum absolute atomic E-state index is 0.111. The summed E-state index contributed by atoms with van der Waals surface area (Å²) in [5.41, 5.74) is 1.45. The molecule has 0 aliphatic heterocycles. The van der Waals surface area contributed by atoms with Gasteiger partial charge >= 0.3 is 18.2 Å². The first kappa shape index (κ1) is 12.0. The van der Waals surface area contributed by atoms with Crippen LogP contribution in [0.25, 0.3) is 0 Å². The summed E-state index contributed by atoms with van der Waals surface area (Å²) in [5, 5.41) is 0. The Labute approximate surface area is 86.4 Å². The number of halogens is 1. The van der Waals surface area contributed by atoms with E-state index in [0.717, 1.165) is 5.92 Å². The lowest BCUT2D eigenvalue weighted by atomic mass is 10.1. The summed E-state index contributed by atoms with van der Waals surface area (Å²) in [6.07, 6.45) is 4.97. The summed E-state index contributed by atoms with van der Waals surface area (Å²) in [4.78, 5) is 0. The van der Waals surface area contributed by atoms with Crippen molar-refractivity contribution in [2.24, 2.45) is 5.92 Å². The number of hydrogen-bond donors (Lipinski definition) is 0. The number of hydrogen-bond acceptors (Lipinski definition) is 0. The van der Waals surface area contributed by atoms with Gasteiger partial charge in [-0.1, -0.05) is 24.5 Å². The van der Waals surface area contributed by atoms with Crippen molar-refractivity contribution >= 4 is 31.1 Å². The van der Waals surface area contributed by atoms with E-state index in [1.807, 2.05) is 0 Å². The van der Waals surface area contributed by atoms with Crippen molar-refractivity contribution in [2.45, 2.75) is 38.2 Å². The summed E-state index contributed by atoms with van der Waals surface area (Å²) < 4.78 is 1.44. The van der Waals surface area contributed by atoms with Crippen molar-refractivity contribution in [1.82, 2.24) is 0 Å². The van der Waals surface area contributed by atoms with Crippen LogP contribution in [0.15, 0.2) is 11.6 Å². The second kappa shape index (κ2) is 7.63. The van der Waals surface area contributed by atoms with Gasteiger partial charge in [0.2, 0.25) is 0 Å². The Hall–Kier alpha value is 0.986. The molecule has 62 valence electrons.